The summed E-state index contributed by atoms with van der Waals surface area (Å²) in [6.45, 7) is 4.12. The fourth-order valence-electron chi connectivity index (χ4n) is 1.46. The molecule has 1 aliphatic carbocycles. The van der Waals surface area contributed by atoms with Crippen molar-refractivity contribution in [3.63, 3.8) is 0 Å². The molecular formula is C11H17F. The van der Waals surface area contributed by atoms with E-state index >= 15 is 0 Å². The summed E-state index contributed by atoms with van der Waals surface area (Å²) in [6, 6.07) is 0. The Labute approximate surface area is 74.2 Å². The maximum absolute atomic E-state index is 13.3. The van der Waals surface area contributed by atoms with Gasteiger partial charge in [-0.15, -0.1) is 0 Å². The third kappa shape index (κ3) is 2.47. The quantitative estimate of drug-likeness (QED) is 0.601. The summed E-state index contributed by atoms with van der Waals surface area (Å²) in [6.07, 6.45) is 6.87. The van der Waals surface area contributed by atoms with Crippen LogP contribution in [-0.2, 0) is 0 Å². The van der Waals surface area contributed by atoms with Crippen LogP contribution in [0.25, 0.3) is 0 Å². The first-order valence-corrected chi connectivity index (χ1v) is 4.74. The molecule has 0 aromatic heterocycles. The van der Waals surface area contributed by atoms with E-state index in [1.807, 2.05) is 19.1 Å². The molecule has 0 amide bonds. The Hall–Kier alpha value is -0.590. The normalized spacial score (nSPS) is 19.9. The molecule has 1 rings (SSSR count). The van der Waals surface area contributed by atoms with Gasteiger partial charge in [-0.25, -0.2) is 4.39 Å². The lowest BCUT2D eigenvalue weighted by atomic mass is 9.94. The first kappa shape index (κ1) is 9.50. The standard InChI is InChI=1S/C11H17F/c1-3-4-11(12)10-7-5-9(2)6-8-10/h5,7,11H,3-4,6,8H2,1-2H3. The minimum Gasteiger partial charge on any atom is -0.243 e. The van der Waals surface area contributed by atoms with E-state index in [-0.39, 0.29) is 0 Å². The SMILES string of the molecule is CCCC(F)C1=CC=C(C)CC1. The van der Waals surface area contributed by atoms with Crippen molar-refractivity contribution < 1.29 is 4.39 Å². The van der Waals surface area contributed by atoms with Crippen LogP contribution in [0.2, 0.25) is 0 Å². The maximum atomic E-state index is 13.3. The molecule has 1 unspecified atom stereocenters. The van der Waals surface area contributed by atoms with E-state index < -0.39 is 6.17 Å². The molecule has 0 aromatic rings. The summed E-state index contributed by atoms with van der Waals surface area (Å²) in [7, 11) is 0. The molecule has 12 heavy (non-hydrogen) atoms. The summed E-state index contributed by atoms with van der Waals surface area (Å²) in [5.41, 5.74) is 2.35. The molecule has 0 fully saturated rings. The van der Waals surface area contributed by atoms with Crippen LogP contribution < -0.4 is 0 Å². The highest BCUT2D eigenvalue weighted by Gasteiger charge is 2.13. The van der Waals surface area contributed by atoms with Crippen LogP contribution in [0.1, 0.15) is 39.5 Å². The van der Waals surface area contributed by atoms with Gasteiger partial charge in [0.25, 0.3) is 0 Å². The minimum atomic E-state index is -0.695. The molecule has 0 nitrogen and oxygen atoms in total. The Morgan fingerprint density at radius 1 is 1.42 bits per heavy atom. The van der Waals surface area contributed by atoms with Gasteiger partial charge in [0.2, 0.25) is 0 Å². The summed E-state index contributed by atoms with van der Waals surface area (Å²) >= 11 is 0. The van der Waals surface area contributed by atoms with E-state index in [0.29, 0.717) is 6.42 Å². The van der Waals surface area contributed by atoms with E-state index in [2.05, 4.69) is 6.92 Å². The Bertz CT molecular complexity index is 201. The molecule has 1 atom stereocenters. The average molecular weight is 168 g/mol. The van der Waals surface area contributed by atoms with Crippen LogP contribution in [-0.4, -0.2) is 6.17 Å². The van der Waals surface area contributed by atoms with Crippen molar-refractivity contribution in [1.82, 2.24) is 0 Å². The second kappa shape index (κ2) is 4.44. The molecule has 0 radical (unpaired) electrons. The molecule has 0 N–H and O–H groups in total. The summed E-state index contributed by atoms with van der Waals surface area (Å²) < 4.78 is 13.3. The van der Waals surface area contributed by atoms with Crippen LogP contribution in [0.15, 0.2) is 23.3 Å². The van der Waals surface area contributed by atoms with Crippen molar-refractivity contribution in [3.05, 3.63) is 23.3 Å². The van der Waals surface area contributed by atoms with Gasteiger partial charge in [0.05, 0.1) is 0 Å². The van der Waals surface area contributed by atoms with Crippen molar-refractivity contribution in [3.8, 4) is 0 Å². The van der Waals surface area contributed by atoms with Gasteiger partial charge in [0.15, 0.2) is 0 Å². The molecule has 0 spiro atoms. The molecule has 0 bridgehead atoms. The van der Waals surface area contributed by atoms with Gasteiger partial charge < -0.3 is 0 Å². The Morgan fingerprint density at radius 3 is 2.67 bits per heavy atom. The molecule has 0 saturated heterocycles. The molecule has 0 heterocycles. The van der Waals surface area contributed by atoms with E-state index in [9.17, 15) is 4.39 Å². The predicted molar refractivity (Wildman–Crippen MR) is 50.9 cm³/mol. The van der Waals surface area contributed by atoms with E-state index in [0.717, 1.165) is 24.8 Å². The number of alkyl halides is 1. The summed E-state index contributed by atoms with van der Waals surface area (Å²) in [4.78, 5) is 0. The molecule has 0 aromatic carbocycles. The topological polar surface area (TPSA) is 0 Å². The first-order valence-electron chi connectivity index (χ1n) is 4.74. The largest absolute Gasteiger partial charge is 0.243 e. The fraction of sp³-hybridized carbons (Fsp3) is 0.636. The van der Waals surface area contributed by atoms with Gasteiger partial charge in [-0.05, 0) is 31.8 Å². The van der Waals surface area contributed by atoms with E-state index in [1.165, 1.54) is 5.57 Å². The Kier molecular flexibility index (Phi) is 3.51. The van der Waals surface area contributed by atoms with Crippen LogP contribution >= 0.6 is 0 Å². The number of rotatable bonds is 3. The van der Waals surface area contributed by atoms with Crippen molar-refractivity contribution in [2.75, 3.05) is 0 Å². The van der Waals surface area contributed by atoms with Crippen molar-refractivity contribution >= 4 is 0 Å². The average Bonchev–Trinajstić information content (AvgIpc) is 2.06. The number of hydrogen-bond acceptors (Lipinski definition) is 0. The van der Waals surface area contributed by atoms with Gasteiger partial charge >= 0.3 is 0 Å². The molecule has 1 aliphatic rings. The molecule has 0 saturated carbocycles. The van der Waals surface area contributed by atoms with Gasteiger partial charge in [-0.1, -0.05) is 31.1 Å². The smallest absolute Gasteiger partial charge is 0.121 e. The lowest BCUT2D eigenvalue weighted by Crippen LogP contribution is -2.06. The molecule has 0 aliphatic heterocycles. The first-order chi connectivity index (χ1) is 5.74. The number of halogens is 1. The lowest BCUT2D eigenvalue weighted by Gasteiger charge is -2.15. The van der Waals surface area contributed by atoms with E-state index in [4.69, 9.17) is 0 Å². The zero-order valence-corrected chi connectivity index (χ0v) is 7.94. The highest BCUT2D eigenvalue weighted by Crippen LogP contribution is 2.24. The number of allylic oxidation sites excluding steroid dienone is 4. The monoisotopic (exact) mass is 168 g/mol. The zero-order valence-electron chi connectivity index (χ0n) is 7.94. The van der Waals surface area contributed by atoms with Crippen LogP contribution in [0, 0.1) is 0 Å². The van der Waals surface area contributed by atoms with Crippen LogP contribution in [0.3, 0.4) is 0 Å². The lowest BCUT2D eigenvalue weighted by molar-refractivity contribution is 0.349. The Morgan fingerprint density at radius 2 is 2.17 bits per heavy atom. The second-order valence-electron chi connectivity index (χ2n) is 3.51. The second-order valence-corrected chi connectivity index (χ2v) is 3.51. The number of hydrogen-bond donors (Lipinski definition) is 0. The van der Waals surface area contributed by atoms with Crippen LogP contribution in [0.5, 0.6) is 0 Å². The maximum Gasteiger partial charge on any atom is 0.121 e. The summed E-state index contributed by atoms with van der Waals surface area (Å²) in [5.74, 6) is 0. The molecular weight excluding hydrogens is 151 g/mol. The van der Waals surface area contributed by atoms with E-state index in [1.54, 1.807) is 0 Å². The van der Waals surface area contributed by atoms with Crippen molar-refractivity contribution in [2.45, 2.75) is 45.7 Å². The molecule has 68 valence electrons. The van der Waals surface area contributed by atoms with Gasteiger partial charge in [-0.3, -0.25) is 0 Å². The Balaban J connectivity index is 2.52. The summed E-state index contributed by atoms with van der Waals surface area (Å²) in [5, 5.41) is 0. The highest BCUT2D eigenvalue weighted by atomic mass is 19.1. The van der Waals surface area contributed by atoms with Crippen LogP contribution in [0.4, 0.5) is 4.39 Å². The highest BCUT2D eigenvalue weighted by molar-refractivity contribution is 5.25. The third-order valence-electron chi connectivity index (χ3n) is 2.33. The predicted octanol–water partition coefficient (Wildman–Crippen LogP) is 3.79. The zero-order chi connectivity index (χ0) is 8.97. The van der Waals surface area contributed by atoms with Gasteiger partial charge in [0.1, 0.15) is 6.17 Å². The van der Waals surface area contributed by atoms with Gasteiger partial charge in [0, 0.05) is 0 Å². The van der Waals surface area contributed by atoms with Gasteiger partial charge in [-0.2, -0.15) is 0 Å². The van der Waals surface area contributed by atoms with Crippen molar-refractivity contribution in [2.24, 2.45) is 0 Å². The fourth-order valence-corrected chi connectivity index (χ4v) is 1.46. The van der Waals surface area contributed by atoms with Crippen molar-refractivity contribution in [1.29, 1.82) is 0 Å². The molecule has 1 heteroatoms. The third-order valence-corrected chi connectivity index (χ3v) is 2.33. The minimum absolute atomic E-state index is 0.679.